The lowest BCUT2D eigenvalue weighted by Gasteiger charge is -2.46. The number of nitrogens with zero attached hydrogens (tertiary/aromatic N) is 2. The second-order valence-electron chi connectivity index (χ2n) is 10.1. The maximum atomic E-state index is 13.0. The summed E-state index contributed by atoms with van der Waals surface area (Å²) >= 11 is 0. The summed E-state index contributed by atoms with van der Waals surface area (Å²) in [6, 6.07) is 28.4. The van der Waals surface area contributed by atoms with Gasteiger partial charge in [-0.15, -0.1) is 0 Å². The molecule has 4 N–H and O–H groups in total. The van der Waals surface area contributed by atoms with Crippen molar-refractivity contribution in [2.75, 3.05) is 35.6 Å². The number of piperidine rings is 1. The summed E-state index contributed by atoms with van der Waals surface area (Å²) < 4.78 is 0. The minimum atomic E-state index is -0.224. The number of fused-ring (bicyclic) bond motifs is 2. The summed E-state index contributed by atoms with van der Waals surface area (Å²) in [7, 11) is 0. The number of pyridine rings is 1. The van der Waals surface area contributed by atoms with Crippen molar-refractivity contribution in [3.8, 4) is 11.1 Å². The molecule has 37 heavy (non-hydrogen) atoms. The van der Waals surface area contributed by atoms with Gasteiger partial charge >= 0.3 is 0 Å². The molecule has 0 saturated carbocycles. The van der Waals surface area contributed by atoms with E-state index in [0.717, 1.165) is 56.0 Å². The summed E-state index contributed by atoms with van der Waals surface area (Å²) in [5.41, 5.74) is 13.0. The molecule has 1 saturated heterocycles. The Morgan fingerprint density at radius 2 is 1.70 bits per heavy atom. The van der Waals surface area contributed by atoms with Crippen LogP contribution < -0.4 is 21.3 Å². The number of hydrogen-bond donors (Lipinski definition) is 3. The van der Waals surface area contributed by atoms with E-state index in [-0.39, 0.29) is 11.3 Å². The smallest absolute Gasteiger partial charge is 0.257 e. The van der Waals surface area contributed by atoms with Crippen LogP contribution in [0.15, 0.2) is 91.1 Å². The fourth-order valence-corrected chi connectivity index (χ4v) is 5.71. The zero-order valence-electron chi connectivity index (χ0n) is 20.8. The van der Waals surface area contributed by atoms with Gasteiger partial charge in [0.15, 0.2) is 0 Å². The third-order valence-corrected chi connectivity index (χ3v) is 7.83. The second kappa shape index (κ2) is 9.71. The van der Waals surface area contributed by atoms with E-state index in [1.165, 1.54) is 11.1 Å². The summed E-state index contributed by atoms with van der Waals surface area (Å²) in [6.45, 7) is 3.86. The van der Waals surface area contributed by atoms with Crippen molar-refractivity contribution >= 4 is 23.1 Å². The highest BCUT2D eigenvalue weighted by atomic mass is 16.1. The number of amides is 1. The molecule has 4 aromatic rings. The number of nitrogens with two attached hydrogens (primary N) is 1. The lowest BCUT2D eigenvalue weighted by molar-refractivity contribution is 0.102. The molecule has 3 heterocycles. The van der Waals surface area contributed by atoms with E-state index < -0.39 is 0 Å². The third-order valence-electron chi connectivity index (χ3n) is 7.83. The van der Waals surface area contributed by atoms with Crippen molar-refractivity contribution in [3.63, 3.8) is 0 Å². The first-order valence-electron chi connectivity index (χ1n) is 12.9. The Morgan fingerprint density at radius 1 is 0.919 bits per heavy atom. The van der Waals surface area contributed by atoms with E-state index in [2.05, 4.69) is 44.8 Å². The highest BCUT2D eigenvalue weighted by Crippen LogP contribution is 2.40. The molecule has 0 unspecified atom stereocenters. The van der Waals surface area contributed by atoms with Crippen LogP contribution in [0, 0.1) is 0 Å². The van der Waals surface area contributed by atoms with Gasteiger partial charge in [-0.25, -0.2) is 4.98 Å². The zero-order chi connectivity index (χ0) is 25.2. The standard InChI is InChI=1S/C31H31N5O/c32-27-12-10-23(22-6-2-1-3-7-22)18-28(27)35-30(37)25-11-13-29(34-20-25)36-16-14-31(15-17-36)21-33-19-24-8-4-5-9-26(24)31/h1-13,18,20,33H,14-17,19,21,32H2,(H,35,37). The van der Waals surface area contributed by atoms with E-state index in [4.69, 9.17) is 5.73 Å². The highest BCUT2D eigenvalue weighted by molar-refractivity contribution is 6.06. The van der Waals surface area contributed by atoms with Crippen LogP contribution in [0.3, 0.4) is 0 Å². The first kappa shape index (κ1) is 23.3. The Bertz CT molecular complexity index is 1410. The van der Waals surface area contributed by atoms with Crippen molar-refractivity contribution in [1.82, 2.24) is 10.3 Å². The molecule has 6 nitrogen and oxygen atoms in total. The van der Waals surface area contributed by atoms with Crippen LogP contribution in [0.4, 0.5) is 17.2 Å². The number of carbonyl (C=O) groups excluding carboxylic acids is 1. The molecule has 1 amide bonds. The number of anilines is 3. The summed E-state index contributed by atoms with van der Waals surface area (Å²) in [4.78, 5) is 20.0. The van der Waals surface area contributed by atoms with Gasteiger partial charge in [-0.3, -0.25) is 4.79 Å². The minimum Gasteiger partial charge on any atom is -0.397 e. The number of carbonyl (C=O) groups is 1. The molecule has 1 aromatic heterocycles. The van der Waals surface area contributed by atoms with Crippen LogP contribution >= 0.6 is 0 Å². The minimum absolute atomic E-state index is 0.194. The summed E-state index contributed by atoms with van der Waals surface area (Å²) in [5, 5.41) is 6.58. The maximum Gasteiger partial charge on any atom is 0.257 e. The zero-order valence-corrected chi connectivity index (χ0v) is 20.8. The van der Waals surface area contributed by atoms with E-state index in [0.29, 0.717) is 16.9 Å². The van der Waals surface area contributed by atoms with Crippen molar-refractivity contribution in [3.05, 3.63) is 108 Å². The fraction of sp³-hybridized carbons (Fsp3) is 0.226. The Morgan fingerprint density at radius 3 is 2.49 bits per heavy atom. The molecule has 0 aliphatic carbocycles. The van der Waals surface area contributed by atoms with Gasteiger partial charge in [-0.05, 0) is 59.4 Å². The number of rotatable bonds is 4. The Hall–Kier alpha value is -4.16. The molecule has 0 atom stereocenters. The molecule has 6 heteroatoms. The van der Waals surface area contributed by atoms with Crippen molar-refractivity contribution in [2.24, 2.45) is 0 Å². The van der Waals surface area contributed by atoms with Crippen molar-refractivity contribution in [1.29, 1.82) is 0 Å². The van der Waals surface area contributed by atoms with E-state index in [9.17, 15) is 4.79 Å². The van der Waals surface area contributed by atoms with Crippen LogP contribution in [-0.2, 0) is 12.0 Å². The van der Waals surface area contributed by atoms with Gasteiger partial charge in [-0.1, -0.05) is 60.7 Å². The topological polar surface area (TPSA) is 83.3 Å². The number of benzene rings is 3. The van der Waals surface area contributed by atoms with Crippen molar-refractivity contribution in [2.45, 2.75) is 24.8 Å². The van der Waals surface area contributed by atoms with Gasteiger partial charge in [0.05, 0.1) is 16.9 Å². The van der Waals surface area contributed by atoms with Gasteiger partial charge < -0.3 is 21.3 Å². The molecule has 0 bridgehead atoms. The van der Waals surface area contributed by atoms with Crippen LogP contribution in [0.2, 0.25) is 0 Å². The number of hydrogen-bond acceptors (Lipinski definition) is 5. The molecular weight excluding hydrogens is 458 g/mol. The first-order chi connectivity index (χ1) is 18.1. The average molecular weight is 490 g/mol. The second-order valence-corrected chi connectivity index (χ2v) is 10.1. The van der Waals surface area contributed by atoms with Crippen LogP contribution in [0.1, 0.15) is 34.3 Å². The molecular formula is C31H31N5O. The Kier molecular flexibility index (Phi) is 6.10. The molecule has 1 fully saturated rings. The Labute approximate surface area is 217 Å². The van der Waals surface area contributed by atoms with E-state index in [1.54, 1.807) is 6.20 Å². The monoisotopic (exact) mass is 489 g/mol. The molecule has 1 spiro atoms. The van der Waals surface area contributed by atoms with Crippen LogP contribution in [0.5, 0.6) is 0 Å². The van der Waals surface area contributed by atoms with Crippen LogP contribution in [0.25, 0.3) is 11.1 Å². The summed E-state index contributed by atoms with van der Waals surface area (Å²) in [6.07, 6.45) is 3.82. The first-order valence-corrected chi connectivity index (χ1v) is 12.9. The van der Waals surface area contributed by atoms with Crippen LogP contribution in [-0.4, -0.2) is 30.5 Å². The molecule has 2 aliphatic heterocycles. The lowest BCUT2D eigenvalue weighted by atomic mass is 9.69. The largest absolute Gasteiger partial charge is 0.397 e. The van der Waals surface area contributed by atoms with Crippen molar-refractivity contribution < 1.29 is 4.79 Å². The quantitative estimate of drug-likeness (QED) is 0.342. The molecule has 0 radical (unpaired) electrons. The number of nitrogen functional groups attached to an aromatic ring is 1. The van der Waals surface area contributed by atoms with E-state index in [1.807, 2.05) is 60.7 Å². The van der Waals surface area contributed by atoms with Gasteiger partial charge in [0.2, 0.25) is 0 Å². The molecule has 186 valence electrons. The third kappa shape index (κ3) is 4.56. The maximum absolute atomic E-state index is 13.0. The lowest BCUT2D eigenvalue weighted by Crippen LogP contribution is -2.50. The molecule has 6 rings (SSSR count). The van der Waals surface area contributed by atoms with Gasteiger partial charge in [-0.2, -0.15) is 0 Å². The molecule has 3 aromatic carbocycles. The molecule has 2 aliphatic rings. The predicted molar refractivity (Wildman–Crippen MR) is 150 cm³/mol. The fourth-order valence-electron chi connectivity index (χ4n) is 5.71. The highest BCUT2D eigenvalue weighted by Gasteiger charge is 2.39. The summed E-state index contributed by atoms with van der Waals surface area (Å²) in [5.74, 6) is 0.687. The number of aromatic nitrogens is 1. The SMILES string of the molecule is Nc1ccc(-c2ccccc2)cc1NC(=O)c1ccc(N2CCC3(CC2)CNCc2ccccc23)nc1. The number of nitrogens with one attached hydrogen (secondary N) is 2. The Balaban J connectivity index is 1.13. The van der Waals surface area contributed by atoms with Gasteiger partial charge in [0.25, 0.3) is 5.91 Å². The normalized spacial score (nSPS) is 16.3. The average Bonchev–Trinajstić information content (AvgIpc) is 2.95. The van der Waals surface area contributed by atoms with E-state index >= 15 is 0 Å². The van der Waals surface area contributed by atoms with Gasteiger partial charge in [0.1, 0.15) is 5.82 Å². The predicted octanol–water partition coefficient (Wildman–Crippen LogP) is 5.22. The van der Waals surface area contributed by atoms with Gasteiger partial charge in [0, 0.05) is 37.8 Å².